The molecule has 2 aromatic carbocycles. The summed E-state index contributed by atoms with van der Waals surface area (Å²) < 4.78 is 38.1. The van der Waals surface area contributed by atoms with Gasteiger partial charge in [-0.2, -0.15) is 13.2 Å². The van der Waals surface area contributed by atoms with Crippen LogP contribution in [0.4, 0.5) is 13.2 Å². The summed E-state index contributed by atoms with van der Waals surface area (Å²) in [5.41, 5.74) is 1.75. The predicted octanol–water partition coefficient (Wildman–Crippen LogP) is 5.63. The van der Waals surface area contributed by atoms with Gasteiger partial charge in [-0.1, -0.05) is 24.3 Å². The van der Waals surface area contributed by atoms with Crippen LogP contribution in [0.3, 0.4) is 0 Å². The second-order valence-electron chi connectivity index (χ2n) is 5.65. The number of alkyl halides is 3. The van der Waals surface area contributed by atoms with Gasteiger partial charge in [0.1, 0.15) is 5.01 Å². The highest BCUT2D eigenvalue weighted by atomic mass is 32.2. The fourth-order valence-corrected chi connectivity index (χ4v) is 3.86. The van der Waals surface area contributed by atoms with Crippen LogP contribution in [0, 0.1) is 0 Å². The largest absolute Gasteiger partial charge is 0.416 e. The summed E-state index contributed by atoms with van der Waals surface area (Å²) in [6.07, 6.45) is -1.77. The van der Waals surface area contributed by atoms with Crippen molar-refractivity contribution in [3.63, 3.8) is 0 Å². The number of aliphatic hydroxyl groups is 1. The van der Waals surface area contributed by atoms with Crippen molar-refractivity contribution >= 4 is 23.1 Å². The molecule has 3 rings (SSSR count). The van der Waals surface area contributed by atoms with E-state index in [4.69, 9.17) is 0 Å². The molecule has 0 radical (unpaired) electrons. The Balaban J connectivity index is 1.86. The third-order valence-corrected chi connectivity index (χ3v) is 5.79. The van der Waals surface area contributed by atoms with E-state index in [0.717, 1.165) is 28.3 Å². The normalized spacial score (nSPS) is 11.7. The molecule has 1 N–H and O–H groups in total. The Labute approximate surface area is 157 Å². The van der Waals surface area contributed by atoms with E-state index in [-0.39, 0.29) is 6.61 Å². The molecule has 0 aliphatic carbocycles. The fourth-order valence-electron chi connectivity index (χ4n) is 2.51. The first kappa shape index (κ1) is 18.9. The summed E-state index contributed by atoms with van der Waals surface area (Å²) in [6.45, 7) is -0.142. The van der Waals surface area contributed by atoms with E-state index >= 15 is 0 Å². The molecule has 0 aliphatic heterocycles. The Morgan fingerprint density at radius 1 is 1.04 bits per heavy atom. The molecule has 7 heteroatoms. The van der Waals surface area contributed by atoms with Gasteiger partial charge in [0, 0.05) is 16.9 Å². The lowest BCUT2D eigenvalue weighted by Crippen LogP contribution is -2.03. The number of rotatable bonds is 5. The second kappa shape index (κ2) is 7.82. The fraction of sp³-hybridized carbons (Fsp3) is 0.211. The summed E-state index contributed by atoms with van der Waals surface area (Å²) in [5.74, 6) is 0. The number of halogens is 3. The molecule has 0 amide bonds. The maximum absolute atomic E-state index is 12.7. The summed E-state index contributed by atoms with van der Waals surface area (Å²) in [7, 11) is 0. The van der Waals surface area contributed by atoms with Crippen molar-refractivity contribution in [1.29, 1.82) is 0 Å². The van der Waals surface area contributed by atoms with Crippen LogP contribution >= 0.6 is 23.1 Å². The van der Waals surface area contributed by atoms with Crippen molar-refractivity contribution in [2.45, 2.75) is 24.1 Å². The van der Waals surface area contributed by atoms with E-state index in [1.165, 1.54) is 28.4 Å². The highest BCUT2D eigenvalue weighted by Crippen LogP contribution is 2.33. The Hall–Kier alpha value is -1.83. The molecule has 0 bridgehead atoms. The minimum Gasteiger partial charge on any atom is -0.391 e. The van der Waals surface area contributed by atoms with Crippen LogP contribution in [0.15, 0.2) is 53.4 Å². The minimum atomic E-state index is -4.36. The first-order valence-corrected chi connectivity index (χ1v) is 9.85. The Morgan fingerprint density at radius 3 is 2.23 bits per heavy atom. The second-order valence-corrected chi connectivity index (χ2v) is 7.61. The number of thiazole rings is 1. The van der Waals surface area contributed by atoms with E-state index in [1.54, 1.807) is 11.8 Å². The Kier molecular flexibility index (Phi) is 5.70. The summed E-state index contributed by atoms with van der Waals surface area (Å²) >= 11 is 2.97. The molecule has 0 unspecified atom stereocenters. The van der Waals surface area contributed by atoms with E-state index in [1.807, 2.05) is 30.5 Å². The Morgan fingerprint density at radius 2 is 1.69 bits per heavy atom. The van der Waals surface area contributed by atoms with Crippen LogP contribution < -0.4 is 0 Å². The maximum atomic E-state index is 12.7. The van der Waals surface area contributed by atoms with Crippen LogP contribution in [0.5, 0.6) is 0 Å². The van der Waals surface area contributed by atoms with Gasteiger partial charge >= 0.3 is 6.18 Å². The zero-order valence-corrected chi connectivity index (χ0v) is 15.5. The maximum Gasteiger partial charge on any atom is 0.416 e. The zero-order valence-electron chi connectivity index (χ0n) is 13.9. The molecule has 2 nitrogen and oxygen atoms in total. The van der Waals surface area contributed by atoms with Gasteiger partial charge in [0.25, 0.3) is 0 Å². The number of benzene rings is 2. The SMILES string of the molecule is CSc1ccc(Cc2nc(-c3ccc(C(F)(F)F)cc3)sc2CO)cc1. The third-order valence-electron chi connectivity index (χ3n) is 3.91. The van der Waals surface area contributed by atoms with E-state index < -0.39 is 11.7 Å². The summed E-state index contributed by atoms with van der Waals surface area (Å²) in [6, 6.07) is 13.0. The Bertz CT molecular complexity index is 871. The van der Waals surface area contributed by atoms with Crippen molar-refractivity contribution in [1.82, 2.24) is 4.98 Å². The molecular formula is C19H16F3NOS2. The molecule has 0 fully saturated rings. The highest BCUT2D eigenvalue weighted by molar-refractivity contribution is 7.98. The van der Waals surface area contributed by atoms with Crippen LogP contribution in [0.2, 0.25) is 0 Å². The average molecular weight is 395 g/mol. The summed E-state index contributed by atoms with van der Waals surface area (Å²) in [5, 5.41) is 10.2. The van der Waals surface area contributed by atoms with Crippen LogP contribution in [-0.2, 0) is 19.2 Å². The topological polar surface area (TPSA) is 33.1 Å². The van der Waals surface area contributed by atoms with E-state index in [2.05, 4.69) is 4.98 Å². The smallest absolute Gasteiger partial charge is 0.391 e. The van der Waals surface area contributed by atoms with Crippen LogP contribution in [-0.4, -0.2) is 16.3 Å². The first-order chi connectivity index (χ1) is 12.4. The molecule has 0 aliphatic rings. The molecule has 136 valence electrons. The number of hydrogen-bond acceptors (Lipinski definition) is 4. The molecule has 3 aromatic rings. The molecule has 26 heavy (non-hydrogen) atoms. The quantitative estimate of drug-likeness (QED) is 0.568. The van der Waals surface area contributed by atoms with E-state index in [9.17, 15) is 18.3 Å². The van der Waals surface area contributed by atoms with Gasteiger partial charge in [0.2, 0.25) is 0 Å². The zero-order chi connectivity index (χ0) is 18.7. The van der Waals surface area contributed by atoms with Gasteiger partial charge < -0.3 is 5.11 Å². The average Bonchev–Trinajstić information content (AvgIpc) is 3.04. The van der Waals surface area contributed by atoms with Gasteiger partial charge in [-0.25, -0.2) is 4.98 Å². The van der Waals surface area contributed by atoms with Crippen molar-refractivity contribution in [3.8, 4) is 10.6 Å². The lowest BCUT2D eigenvalue weighted by Gasteiger charge is -2.06. The van der Waals surface area contributed by atoms with Crippen molar-refractivity contribution in [2.24, 2.45) is 0 Å². The standard InChI is InChI=1S/C19H16F3NOS2/c1-25-15-8-2-12(3-9-15)10-16-17(11-24)26-18(23-16)13-4-6-14(7-5-13)19(20,21)22/h2-9,24H,10-11H2,1H3. The number of aromatic nitrogens is 1. The predicted molar refractivity (Wildman–Crippen MR) is 99.5 cm³/mol. The minimum absolute atomic E-state index is 0.142. The number of thioether (sulfide) groups is 1. The monoisotopic (exact) mass is 395 g/mol. The lowest BCUT2D eigenvalue weighted by molar-refractivity contribution is -0.137. The third kappa shape index (κ3) is 4.28. The van der Waals surface area contributed by atoms with Crippen LogP contribution in [0.1, 0.15) is 21.7 Å². The van der Waals surface area contributed by atoms with E-state index in [0.29, 0.717) is 17.0 Å². The molecule has 0 spiro atoms. The van der Waals surface area contributed by atoms with Crippen molar-refractivity contribution in [3.05, 3.63) is 70.2 Å². The number of nitrogens with zero attached hydrogens (tertiary/aromatic N) is 1. The van der Waals surface area contributed by atoms with Crippen molar-refractivity contribution in [2.75, 3.05) is 6.26 Å². The van der Waals surface area contributed by atoms with Crippen LogP contribution in [0.25, 0.3) is 10.6 Å². The van der Waals surface area contributed by atoms with Gasteiger partial charge in [-0.3, -0.25) is 0 Å². The number of hydrogen-bond donors (Lipinski definition) is 1. The molecule has 0 saturated carbocycles. The number of aliphatic hydroxyl groups excluding tert-OH is 1. The molecular weight excluding hydrogens is 379 g/mol. The molecule has 0 saturated heterocycles. The lowest BCUT2D eigenvalue weighted by atomic mass is 10.1. The molecule has 1 aromatic heterocycles. The van der Waals surface area contributed by atoms with Gasteiger partial charge in [-0.15, -0.1) is 23.1 Å². The first-order valence-electron chi connectivity index (χ1n) is 7.80. The molecule has 1 heterocycles. The van der Waals surface area contributed by atoms with Crippen molar-refractivity contribution < 1.29 is 18.3 Å². The van der Waals surface area contributed by atoms with Gasteiger partial charge in [0.15, 0.2) is 0 Å². The van der Waals surface area contributed by atoms with Gasteiger partial charge in [0.05, 0.1) is 22.7 Å². The highest BCUT2D eigenvalue weighted by Gasteiger charge is 2.30. The summed E-state index contributed by atoms with van der Waals surface area (Å²) in [4.78, 5) is 6.45. The van der Waals surface area contributed by atoms with Gasteiger partial charge in [-0.05, 0) is 36.1 Å². The molecule has 0 atom stereocenters.